The minimum atomic E-state index is -2.58. The van der Waals surface area contributed by atoms with Crippen LogP contribution in [0.2, 0.25) is 6.04 Å². The Morgan fingerprint density at radius 1 is 1.04 bits per heavy atom. The first kappa shape index (κ1) is 19.9. The van der Waals surface area contributed by atoms with E-state index >= 15 is 0 Å². The molecule has 0 aliphatic carbocycles. The molecule has 1 N–H and O–H groups in total. The molecule has 0 atom stereocenters. The number of hydrogen-bond donors (Lipinski definition) is 1. The molecule has 6 nitrogen and oxygen atoms in total. The molecule has 140 valence electrons. The molecule has 0 bridgehead atoms. The lowest BCUT2D eigenvalue weighted by molar-refractivity contribution is 0.0704. The zero-order valence-electron chi connectivity index (χ0n) is 15.5. The van der Waals surface area contributed by atoms with E-state index in [-0.39, 0.29) is 5.75 Å². The first-order valence-electron chi connectivity index (χ1n) is 9.14. The van der Waals surface area contributed by atoms with Gasteiger partial charge in [-0.05, 0) is 51.5 Å². The van der Waals surface area contributed by atoms with Gasteiger partial charge < -0.3 is 23.3 Å². The molecule has 1 heterocycles. The quantitative estimate of drug-likeness (QED) is 0.610. The Bertz CT molecular complexity index is 533. The van der Waals surface area contributed by atoms with E-state index in [9.17, 15) is 5.11 Å². The van der Waals surface area contributed by atoms with Crippen molar-refractivity contribution in [2.45, 2.75) is 33.2 Å². The van der Waals surface area contributed by atoms with Crippen molar-refractivity contribution in [3.63, 3.8) is 0 Å². The van der Waals surface area contributed by atoms with Crippen LogP contribution in [-0.2, 0) is 13.3 Å². The number of aliphatic imine (C=N–C) groups is 1. The van der Waals surface area contributed by atoms with Gasteiger partial charge in [-0.2, -0.15) is 0 Å². The summed E-state index contributed by atoms with van der Waals surface area (Å²) in [5.41, 5.74) is 1.04. The highest BCUT2D eigenvalue weighted by Crippen LogP contribution is 2.20. The van der Waals surface area contributed by atoms with Crippen molar-refractivity contribution in [2.75, 3.05) is 39.5 Å². The van der Waals surface area contributed by atoms with Crippen LogP contribution in [0.15, 0.2) is 29.3 Å². The van der Waals surface area contributed by atoms with Crippen molar-refractivity contribution >= 4 is 14.6 Å². The third-order valence-electron chi connectivity index (χ3n) is 4.06. The molecule has 0 aromatic heterocycles. The van der Waals surface area contributed by atoms with E-state index in [4.69, 9.17) is 13.3 Å². The Labute approximate surface area is 151 Å². The summed E-state index contributed by atoms with van der Waals surface area (Å²) in [6.07, 6.45) is 0.934. The third-order valence-corrected chi connectivity index (χ3v) is 7.21. The summed E-state index contributed by atoms with van der Waals surface area (Å²) in [7, 11) is -2.58. The van der Waals surface area contributed by atoms with Crippen LogP contribution in [0.3, 0.4) is 0 Å². The number of nitrogens with zero attached hydrogens (tertiary/aromatic N) is 2. The van der Waals surface area contributed by atoms with Crippen molar-refractivity contribution in [3.8, 4) is 5.75 Å². The van der Waals surface area contributed by atoms with E-state index in [0.717, 1.165) is 43.5 Å². The van der Waals surface area contributed by atoms with Gasteiger partial charge in [-0.25, -0.2) is 0 Å². The summed E-state index contributed by atoms with van der Waals surface area (Å²) in [5.74, 6) is 1.27. The Balaban J connectivity index is 1.94. The highest BCUT2D eigenvalue weighted by Gasteiger charge is 2.39. The molecule has 1 aliphatic heterocycles. The number of rotatable bonds is 11. The molecule has 0 radical (unpaired) electrons. The molecule has 0 fully saturated rings. The van der Waals surface area contributed by atoms with Crippen molar-refractivity contribution in [1.82, 2.24) is 4.90 Å². The van der Waals surface area contributed by atoms with E-state index in [1.165, 1.54) is 0 Å². The molecule has 1 aromatic carbocycles. The first-order valence-corrected chi connectivity index (χ1v) is 11.1. The molecule has 25 heavy (non-hydrogen) atoms. The van der Waals surface area contributed by atoms with E-state index in [0.29, 0.717) is 19.8 Å². The summed E-state index contributed by atoms with van der Waals surface area (Å²) < 4.78 is 17.8. The second-order valence-electron chi connectivity index (χ2n) is 5.82. The largest absolute Gasteiger partial charge is 0.508 e. The van der Waals surface area contributed by atoms with E-state index in [1.54, 1.807) is 12.1 Å². The lowest BCUT2D eigenvalue weighted by Gasteiger charge is -2.29. The van der Waals surface area contributed by atoms with Crippen molar-refractivity contribution in [2.24, 2.45) is 4.99 Å². The van der Waals surface area contributed by atoms with Gasteiger partial charge >= 0.3 is 8.80 Å². The van der Waals surface area contributed by atoms with Crippen LogP contribution in [0, 0.1) is 0 Å². The molecule has 2 rings (SSSR count). The monoisotopic (exact) mass is 366 g/mol. The third kappa shape index (κ3) is 5.54. The number of amidine groups is 1. The standard InChI is InChI=1S/C18H30N2O4Si/c1-4-22-25(23-5-2,24-6-3)15-7-13-20-14-12-19-18(20)16-8-10-17(21)11-9-16/h8-11,21H,4-7,12-15H2,1-3H3. The number of hydrogen-bond acceptors (Lipinski definition) is 6. The average molecular weight is 367 g/mol. The second-order valence-corrected chi connectivity index (χ2v) is 8.56. The van der Waals surface area contributed by atoms with Gasteiger partial charge in [0, 0.05) is 44.5 Å². The minimum Gasteiger partial charge on any atom is -0.508 e. The smallest absolute Gasteiger partial charge is 0.500 e. The van der Waals surface area contributed by atoms with Gasteiger partial charge in [0.2, 0.25) is 0 Å². The van der Waals surface area contributed by atoms with Crippen molar-refractivity contribution < 1.29 is 18.4 Å². The van der Waals surface area contributed by atoms with Crippen LogP contribution in [0.5, 0.6) is 5.75 Å². The molecule has 0 unspecified atom stereocenters. The molecule has 0 amide bonds. The van der Waals surface area contributed by atoms with E-state index in [2.05, 4.69) is 9.89 Å². The molecule has 0 saturated carbocycles. The van der Waals surface area contributed by atoms with Gasteiger partial charge in [0.25, 0.3) is 0 Å². The van der Waals surface area contributed by atoms with Gasteiger partial charge in [-0.3, -0.25) is 4.99 Å². The topological polar surface area (TPSA) is 63.5 Å². The lowest BCUT2D eigenvalue weighted by Crippen LogP contribution is -2.46. The molecular weight excluding hydrogens is 336 g/mol. The summed E-state index contributed by atoms with van der Waals surface area (Å²) in [4.78, 5) is 6.91. The SMILES string of the molecule is CCO[Si](CCCN1CCN=C1c1ccc(O)cc1)(OCC)OCC. The maximum Gasteiger partial charge on any atom is 0.500 e. The van der Waals surface area contributed by atoms with Crippen LogP contribution in [-0.4, -0.2) is 64.1 Å². The van der Waals surface area contributed by atoms with Crippen LogP contribution in [0.4, 0.5) is 0 Å². The van der Waals surface area contributed by atoms with Gasteiger partial charge in [-0.15, -0.1) is 0 Å². The van der Waals surface area contributed by atoms with Gasteiger partial charge in [0.05, 0.1) is 6.54 Å². The van der Waals surface area contributed by atoms with E-state index < -0.39 is 8.80 Å². The fourth-order valence-corrected chi connectivity index (χ4v) is 5.67. The zero-order valence-corrected chi connectivity index (χ0v) is 16.5. The second kappa shape index (κ2) is 9.91. The Kier molecular flexibility index (Phi) is 7.89. The first-order chi connectivity index (χ1) is 12.1. The van der Waals surface area contributed by atoms with Crippen molar-refractivity contribution in [1.29, 1.82) is 0 Å². The molecule has 0 spiro atoms. The Morgan fingerprint density at radius 2 is 1.64 bits per heavy atom. The fraction of sp³-hybridized carbons (Fsp3) is 0.611. The van der Waals surface area contributed by atoms with Crippen LogP contribution >= 0.6 is 0 Å². The average Bonchev–Trinajstić information content (AvgIpc) is 3.05. The molecule has 7 heteroatoms. The zero-order chi connectivity index (χ0) is 18.1. The maximum atomic E-state index is 9.46. The van der Waals surface area contributed by atoms with Gasteiger partial charge in [0.1, 0.15) is 11.6 Å². The molecular formula is C18H30N2O4Si. The summed E-state index contributed by atoms with van der Waals surface area (Å²) in [5, 5.41) is 9.46. The minimum absolute atomic E-state index is 0.273. The number of phenols is 1. The molecule has 0 saturated heterocycles. The summed E-state index contributed by atoms with van der Waals surface area (Å²) >= 11 is 0. The predicted molar refractivity (Wildman–Crippen MR) is 101 cm³/mol. The Morgan fingerprint density at radius 3 is 2.20 bits per heavy atom. The number of phenolic OH excluding ortho intramolecular Hbond substituents is 1. The highest BCUT2D eigenvalue weighted by molar-refractivity contribution is 6.60. The van der Waals surface area contributed by atoms with Gasteiger partial charge in [0.15, 0.2) is 0 Å². The number of benzene rings is 1. The summed E-state index contributed by atoms with van der Waals surface area (Å²) in [6, 6.07) is 8.03. The summed E-state index contributed by atoms with van der Waals surface area (Å²) in [6.45, 7) is 10.4. The fourth-order valence-electron chi connectivity index (χ4n) is 3.07. The van der Waals surface area contributed by atoms with Crippen LogP contribution in [0.25, 0.3) is 0 Å². The lowest BCUT2D eigenvalue weighted by atomic mass is 10.2. The highest BCUT2D eigenvalue weighted by atomic mass is 28.4. The molecule has 1 aromatic rings. The maximum absolute atomic E-state index is 9.46. The van der Waals surface area contributed by atoms with Gasteiger partial charge in [-0.1, -0.05) is 0 Å². The van der Waals surface area contributed by atoms with E-state index in [1.807, 2.05) is 32.9 Å². The molecule has 1 aliphatic rings. The Hall–Kier alpha value is -1.41. The normalized spacial score (nSPS) is 14.8. The number of aromatic hydroxyl groups is 1. The van der Waals surface area contributed by atoms with Crippen molar-refractivity contribution in [3.05, 3.63) is 29.8 Å². The van der Waals surface area contributed by atoms with Crippen LogP contribution in [0.1, 0.15) is 32.8 Å². The predicted octanol–water partition coefficient (Wildman–Crippen LogP) is 2.89. The van der Waals surface area contributed by atoms with Crippen LogP contribution < -0.4 is 0 Å².